The first kappa shape index (κ1) is 16.1. The Bertz CT molecular complexity index is 799. The molecule has 2 amide bonds. The highest BCUT2D eigenvalue weighted by Gasteiger charge is 2.07. The van der Waals surface area contributed by atoms with Crippen LogP contribution in [0, 0.1) is 0 Å². The number of nitrogens with zero attached hydrogens (tertiary/aromatic N) is 4. The monoisotopic (exact) mass is 344 g/mol. The van der Waals surface area contributed by atoms with Crippen LogP contribution in [0.4, 0.5) is 10.5 Å². The number of para-hydroxylation sites is 1. The van der Waals surface area contributed by atoms with E-state index in [0.717, 1.165) is 18.7 Å². The van der Waals surface area contributed by atoms with Gasteiger partial charge in [-0.05, 0) is 18.6 Å². The first-order valence-corrected chi connectivity index (χ1v) is 7.90. The number of hydrogen-bond donors (Lipinski definition) is 2. The molecule has 0 bridgehead atoms. The maximum atomic E-state index is 11.9. The Morgan fingerprint density at radius 2 is 2.17 bits per heavy atom. The standard InChI is InChI=1S/C16H17ClN6O/c17-14-4-1-2-5-15(14)23-11-13(10-20-23)21-16(24)19-6-3-8-22-9-7-18-12-22/h1-2,4-5,7,9-12H,3,6,8H2,(H2,19,21,24). The molecule has 0 atom stereocenters. The number of carbonyl (C=O) groups is 1. The molecule has 24 heavy (non-hydrogen) atoms. The Labute approximate surface area is 144 Å². The van der Waals surface area contributed by atoms with Crippen LogP contribution < -0.4 is 10.6 Å². The molecule has 3 aromatic rings. The number of nitrogens with one attached hydrogen (secondary N) is 2. The summed E-state index contributed by atoms with van der Waals surface area (Å²) >= 11 is 6.13. The van der Waals surface area contributed by atoms with Gasteiger partial charge in [-0.15, -0.1) is 0 Å². The number of carbonyl (C=O) groups excluding carboxylic acids is 1. The Morgan fingerprint density at radius 3 is 2.96 bits per heavy atom. The van der Waals surface area contributed by atoms with Gasteiger partial charge in [-0.1, -0.05) is 23.7 Å². The normalized spacial score (nSPS) is 10.5. The highest BCUT2D eigenvalue weighted by Crippen LogP contribution is 2.20. The number of imidazole rings is 1. The quantitative estimate of drug-likeness (QED) is 0.675. The molecule has 0 saturated heterocycles. The number of anilines is 1. The Balaban J connectivity index is 1.47. The largest absolute Gasteiger partial charge is 0.338 e. The number of hydrogen-bond acceptors (Lipinski definition) is 3. The van der Waals surface area contributed by atoms with E-state index >= 15 is 0 Å². The summed E-state index contributed by atoms with van der Waals surface area (Å²) in [5, 5.41) is 10.4. The molecule has 3 rings (SSSR count). The lowest BCUT2D eigenvalue weighted by Crippen LogP contribution is -2.29. The van der Waals surface area contributed by atoms with Crippen molar-refractivity contribution in [1.29, 1.82) is 0 Å². The van der Waals surface area contributed by atoms with Crippen molar-refractivity contribution in [3.05, 3.63) is 60.4 Å². The van der Waals surface area contributed by atoms with E-state index in [2.05, 4.69) is 20.7 Å². The van der Waals surface area contributed by atoms with Crippen LogP contribution in [-0.4, -0.2) is 31.9 Å². The summed E-state index contributed by atoms with van der Waals surface area (Å²) in [6.45, 7) is 1.38. The summed E-state index contributed by atoms with van der Waals surface area (Å²) in [4.78, 5) is 15.9. The van der Waals surface area contributed by atoms with Gasteiger partial charge in [-0.25, -0.2) is 14.5 Å². The number of benzene rings is 1. The fourth-order valence-corrected chi connectivity index (χ4v) is 2.44. The third-order valence-electron chi connectivity index (χ3n) is 3.38. The van der Waals surface area contributed by atoms with Gasteiger partial charge in [0.1, 0.15) is 0 Å². The minimum Gasteiger partial charge on any atom is -0.338 e. The van der Waals surface area contributed by atoms with Crippen LogP contribution >= 0.6 is 11.6 Å². The topological polar surface area (TPSA) is 76.8 Å². The number of urea groups is 1. The van der Waals surface area contributed by atoms with Gasteiger partial charge in [0.05, 0.1) is 35.1 Å². The number of halogens is 1. The Morgan fingerprint density at radius 1 is 1.29 bits per heavy atom. The van der Waals surface area contributed by atoms with E-state index in [4.69, 9.17) is 11.6 Å². The minimum atomic E-state index is -0.265. The zero-order chi connectivity index (χ0) is 16.8. The summed E-state index contributed by atoms with van der Waals surface area (Å²) in [5.41, 5.74) is 1.36. The van der Waals surface area contributed by atoms with E-state index in [1.54, 1.807) is 35.7 Å². The molecule has 0 aliphatic rings. The maximum absolute atomic E-state index is 11.9. The van der Waals surface area contributed by atoms with Crippen molar-refractivity contribution in [1.82, 2.24) is 24.6 Å². The van der Waals surface area contributed by atoms with Crippen LogP contribution in [0.2, 0.25) is 5.02 Å². The van der Waals surface area contributed by atoms with Crippen LogP contribution in [0.15, 0.2) is 55.4 Å². The third-order valence-corrected chi connectivity index (χ3v) is 3.70. The van der Waals surface area contributed by atoms with Gasteiger partial charge in [0.25, 0.3) is 0 Å². The van der Waals surface area contributed by atoms with Gasteiger partial charge >= 0.3 is 6.03 Å². The lowest BCUT2D eigenvalue weighted by atomic mass is 10.3. The van der Waals surface area contributed by atoms with Crippen LogP contribution in [-0.2, 0) is 6.54 Å². The van der Waals surface area contributed by atoms with Crippen molar-refractivity contribution in [3.63, 3.8) is 0 Å². The van der Waals surface area contributed by atoms with E-state index in [1.807, 2.05) is 29.0 Å². The zero-order valence-electron chi connectivity index (χ0n) is 12.9. The fraction of sp³-hybridized carbons (Fsp3) is 0.188. The SMILES string of the molecule is O=C(NCCCn1ccnc1)Nc1cnn(-c2ccccc2Cl)c1. The Kier molecular flexibility index (Phi) is 5.12. The van der Waals surface area contributed by atoms with Crippen LogP contribution in [0.5, 0.6) is 0 Å². The van der Waals surface area contributed by atoms with Crippen LogP contribution in [0.25, 0.3) is 5.69 Å². The molecule has 2 aromatic heterocycles. The smallest absolute Gasteiger partial charge is 0.319 e. The van der Waals surface area contributed by atoms with Gasteiger partial charge < -0.3 is 15.2 Å². The highest BCUT2D eigenvalue weighted by atomic mass is 35.5. The van der Waals surface area contributed by atoms with Gasteiger partial charge in [0, 0.05) is 25.5 Å². The molecule has 7 nitrogen and oxygen atoms in total. The molecule has 124 valence electrons. The van der Waals surface area contributed by atoms with Crippen LogP contribution in [0.1, 0.15) is 6.42 Å². The summed E-state index contributed by atoms with van der Waals surface area (Å²) in [5.74, 6) is 0. The number of aromatic nitrogens is 4. The van der Waals surface area contributed by atoms with Crippen molar-refractivity contribution in [2.45, 2.75) is 13.0 Å². The van der Waals surface area contributed by atoms with Crippen molar-refractivity contribution in [3.8, 4) is 5.69 Å². The molecular weight excluding hydrogens is 328 g/mol. The average molecular weight is 345 g/mol. The van der Waals surface area contributed by atoms with Crippen molar-refractivity contribution in [2.75, 3.05) is 11.9 Å². The second kappa shape index (κ2) is 7.65. The van der Waals surface area contributed by atoms with Crippen LogP contribution in [0.3, 0.4) is 0 Å². The summed E-state index contributed by atoms with van der Waals surface area (Å²) < 4.78 is 3.59. The molecule has 0 aliphatic carbocycles. The first-order chi connectivity index (χ1) is 11.7. The molecule has 0 saturated carbocycles. The molecular formula is C16H17ClN6O. The second-order valence-electron chi connectivity index (χ2n) is 5.16. The molecule has 0 unspecified atom stereocenters. The van der Waals surface area contributed by atoms with Gasteiger partial charge in [-0.3, -0.25) is 0 Å². The second-order valence-corrected chi connectivity index (χ2v) is 5.57. The molecule has 1 aromatic carbocycles. The van der Waals surface area contributed by atoms with E-state index in [0.29, 0.717) is 17.3 Å². The minimum absolute atomic E-state index is 0.265. The predicted molar refractivity (Wildman–Crippen MR) is 92.4 cm³/mol. The summed E-state index contributed by atoms with van der Waals surface area (Å²) in [6.07, 6.45) is 9.49. The number of rotatable bonds is 6. The predicted octanol–water partition coefficient (Wildman–Crippen LogP) is 2.93. The van der Waals surface area contributed by atoms with Gasteiger partial charge in [0.15, 0.2) is 0 Å². The van der Waals surface area contributed by atoms with E-state index in [-0.39, 0.29) is 6.03 Å². The molecule has 2 heterocycles. The van der Waals surface area contributed by atoms with Gasteiger partial charge in [0.2, 0.25) is 0 Å². The van der Waals surface area contributed by atoms with E-state index < -0.39 is 0 Å². The lowest BCUT2D eigenvalue weighted by Gasteiger charge is -2.06. The summed E-state index contributed by atoms with van der Waals surface area (Å²) in [7, 11) is 0. The molecule has 0 fully saturated rings. The fourth-order valence-electron chi connectivity index (χ4n) is 2.21. The Hall–Kier alpha value is -2.80. The van der Waals surface area contributed by atoms with Gasteiger partial charge in [-0.2, -0.15) is 5.10 Å². The van der Waals surface area contributed by atoms with Crippen molar-refractivity contribution < 1.29 is 4.79 Å². The number of aryl methyl sites for hydroxylation is 1. The van der Waals surface area contributed by atoms with Crippen molar-refractivity contribution >= 4 is 23.3 Å². The maximum Gasteiger partial charge on any atom is 0.319 e. The first-order valence-electron chi connectivity index (χ1n) is 7.52. The van der Waals surface area contributed by atoms with E-state index in [9.17, 15) is 4.79 Å². The number of amides is 2. The van der Waals surface area contributed by atoms with Crippen molar-refractivity contribution in [2.24, 2.45) is 0 Å². The molecule has 0 aliphatic heterocycles. The summed E-state index contributed by atoms with van der Waals surface area (Å²) in [6, 6.07) is 7.11. The van der Waals surface area contributed by atoms with E-state index in [1.165, 1.54) is 0 Å². The highest BCUT2D eigenvalue weighted by molar-refractivity contribution is 6.32. The molecule has 2 N–H and O–H groups in total. The zero-order valence-corrected chi connectivity index (χ0v) is 13.6. The molecule has 0 spiro atoms. The molecule has 0 radical (unpaired) electrons. The average Bonchev–Trinajstić information content (AvgIpc) is 3.24. The lowest BCUT2D eigenvalue weighted by molar-refractivity contribution is 0.252. The molecule has 8 heteroatoms. The third kappa shape index (κ3) is 4.14.